The molecular weight excluding hydrogens is 94.1 g/mol. The van der Waals surface area contributed by atoms with Gasteiger partial charge in [0.1, 0.15) is 0 Å². The number of thioether (sulfide) groups is 1. The van der Waals surface area contributed by atoms with Gasteiger partial charge in [-0.05, 0) is 6.92 Å². The van der Waals surface area contributed by atoms with Crippen LogP contribution in [0.1, 0.15) is 0 Å². The van der Waals surface area contributed by atoms with Crippen molar-refractivity contribution in [2.45, 2.75) is 5.25 Å². The third-order valence-electron chi connectivity index (χ3n) is 0.793. The Kier molecular flexibility index (Phi) is 1.37. The van der Waals surface area contributed by atoms with Crippen molar-refractivity contribution in [2.75, 3.05) is 12.4 Å². The highest BCUT2D eigenvalue weighted by Crippen LogP contribution is 2.11. The third-order valence-corrected chi connectivity index (χ3v) is 1.80. The second kappa shape index (κ2) is 1.85. The highest BCUT2D eigenvalue weighted by atomic mass is 32.2. The smallest absolute Gasteiger partial charge is 0.0421 e. The molecular formula is C4H8NS. The molecule has 1 saturated heterocycles. The average Bonchev–Trinajstić information content (AvgIpc) is 1.86. The van der Waals surface area contributed by atoms with Crippen LogP contribution >= 0.6 is 11.8 Å². The zero-order chi connectivity index (χ0) is 4.41. The summed E-state index contributed by atoms with van der Waals surface area (Å²) >= 11 is 1.87. The quantitative estimate of drug-likeness (QED) is 0.477. The fourth-order valence-electron chi connectivity index (χ4n) is 0.456. The molecule has 2 heteroatoms. The lowest BCUT2D eigenvalue weighted by Crippen LogP contribution is -2.09. The molecule has 1 rings (SSSR count). The van der Waals surface area contributed by atoms with Gasteiger partial charge in [-0.15, -0.1) is 11.8 Å². The van der Waals surface area contributed by atoms with E-state index in [9.17, 15) is 0 Å². The van der Waals surface area contributed by atoms with Crippen molar-refractivity contribution in [3.05, 3.63) is 6.92 Å². The van der Waals surface area contributed by atoms with Crippen LogP contribution in [-0.4, -0.2) is 17.7 Å². The summed E-state index contributed by atoms with van der Waals surface area (Å²) in [7, 11) is 0. The van der Waals surface area contributed by atoms with E-state index in [0.29, 0.717) is 5.25 Å². The van der Waals surface area contributed by atoms with Gasteiger partial charge in [0.2, 0.25) is 0 Å². The Hall–Kier alpha value is 0.310. The van der Waals surface area contributed by atoms with Gasteiger partial charge in [-0.1, -0.05) is 0 Å². The largest absolute Gasteiger partial charge is 0.307 e. The van der Waals surface area contributed by atoms with Crippen LogP contribution in [0.2, 0.25) is 0 Å². The molecule has 1 unspecified atom stereocenters. The Morgan fingerprint density at radius 2 is 2.67 bits per heavy atom. The maximum Gasteiger partial charge on any atom is 0.0421 e. The molecule has 0 aromatic carbocycles. The lowest BCUT2D eigenvalue weighted by Gasteiger charge is -1.89. The predicted octanol–water partition coefficient (Wildman–Crippen LogP) is 0.483. The minimum Gasteiger partial charge on any atom is -0.307 e. The summed E-state index contributed by atoms with van der Waals surface area (Å²) in [5.74, 6) is 1.09. The summed E-state index contributed by atoms with van der Waals surface area (Å²) in [5.41, 5.74) is 0. The van der Waals surface area contributed by atoms with E-state index in [1.54, 1.807) is 0 Å². The Labute approximate surface area is 42.5 Å². The van der Waals surface area contributed by atoms with Crippen molar-refractivity contribution >= 4 is 11.8 Å². The van der Waals surface area contributed by atoms with E-state index < -0.39 is 0 Å². The zero-order valence-corrected chi connectivity index (χ0v) is 4.42. The van der Waals surface area contributed by atoms with Crippen LogP contribution in [0.25, 0.3) is 0 Å². The van der Waals surface area contributed by atoms with Gasteiger partial charge in [-0.2, -0.15) is 0 Å². The molecule has 0 saturated carbocycles. The molecule has 1 heterocycles. The normalized spacial score (nSPS) is 34.5. The number of hydrogen-bond acceptors (Lipinski definition) is 2. The highest BCUT2D eigenvalue weighted by Gasteiger charge is 2.06. The second-order valence-corrected chi connectivity index (χ2v) is 2.68. The van der Waals surface area contributed by atoms with Crippen LogP contribution in [0.3, 0.4) is 0 Å². The Bertz CT molecular complexity index is 40.8. The molecule has 1 atom stereocenters. The number of hydrogen-bond donors (Lipinski definition) is 1. The molecule has 1 radical (unpaired) electrons. The minimum absolute atomic E-state index is 0.602. The van der Waals surface area contributed by atoms with Crippen LogP contribution in [0, 0.1) is 6.92 Å². The van der Waals surface area contributed by atoms with Crippen molar-refractivity contribution < 1.29 is 0 Å². The second-order valence-electron chi connectivity index (χ2n) is 1.39. The van der Waals surface area contributed by atoms with E-state index in [2.05, 4.69) is 12.2 Å². The third kappa shape index (κ3) is 0.884. The molecule has 0 aromatic heterocycles. The van der Waals surface area contributed by atoms with Crippen LogP contribution in [-0.2, 0) is 0 Å². The molecule has 0 bridgehead atoms. The van der Waals surface area contributed by atoms with Gasteiger partial charge in [0.25, 0.3) is 0 Å². The summed E-state index contributed by atoms with van der Waals surface area (Å²) < 4.78 is 0. The maximum absolute atomic E-state index is 3.84. The lowest BCUT2D eigenvalue weighted by atomic mass is 10.5. The zero-order valence-electron chi connectivity index (χ0n) is 3.61. The van der Waals surface area contributed by atoms with Crippen LogP contribution in [0.5, 0.6) is 0 Å². The predicted molar refractivity (Wildman–Crippen MR) is 29.6 cm³/mol. The molecule has 0 spiro atoms. The summed E-state index contributed by atoms with van der Waals surface area (Å²) in [6.45, 7) is 4.93. The van der Waals surface area contributed by atoms with Gasteiger partial charge in [0, 0.05) is 17.7 Å². The molecule has 35 valence electrons. The number of rotatable bonds is 0. The van der Waals surface area contributed by atoms with Crippen molar-refractivity contribution in [1.29, 1.82) is 0 Å². The van der Waals surface area contributed by atoms with E-state index in [1.165, 1.54) is 0 Å². The van der Waals surface area contributed by atoms with Crippen molar-refractivity contribution in [3.8, 4) is 0 Å². The van der Waals surface area contributed by atoms with Crippen molar-refractivity contribution in [3.63, 3.8) is 0 Å². The van der Waals surface area contributed by atoms with Gasteiger partial charge < -0.3 is 5.32 Å². The Morgan fingerprint density at radius 3 is 2.83 bits per heavy atom. The standard InChI is InChI=1S/C4H8NS/c1-4-2-5-3-6-4/h4-5H,1-3H2. The molecule has 6 heavy (non-hydrogen) atoms. The molecule has 1 nitrogen and oxygen atoms in total. The fourth-order valence-corrected chi connectivity index (χ4v) is 1.16. The first-order valence-electron chi connectivity index (χ1n) is 2.05. The van der Waals surface area contributed by atoms with Crippen molar-refractivity contribution in [2.24, 2.45) is 0 Å². The molecule has 1 aliphatic heterocycles. The summed E-state index contributed by atoms with van der Waals surface area (Å²) in [6.07, 6.45) is 0. The van der Waals surface area contributed by atoms with E-state index in [-0.39, 0.29) is 0 Å². The molecule has 0 amide bonds. The summed E-state index contributed by atoms with van der Waals surface area (Å²) in [4.78, 5) is 0. The SMILES string of the molecule is [CH2]C1CNCS1. The minimum atomic E-state index is 0.602. The summed E-state index contributed by atoms with van der Waals surface area (Å²) in [6, 6.07) is 0. The topological polar surface area (TPSA) is 12.0 Å². The molecule has 0 aromatic rings. The van der Waals surface area contributed by atoms with E-state index in [0.717, 1.165) is 12.4 Å². The lowest BCUT2D eigenvalue weighted by molar-refractivity contribution is 0.841. The van der Waals surface area contributed by atoms with Gasteiger partial charge in [0.05, 0.1) is 0 Å². The molecule has 0 aliphatic carbocycles. The highest BCUT2D eigenvalue weighted by molar-refractivity contribution is 8.00. The molecule has 1 N–H and O–H groups in total. The number of nitrogens with one attached hydrogen (secondary N) is 1. The first kappa shape index (κ1) is 4.47. The first-order valence-corrected chi connectivity index (χ1v) is 3.10. The van der Waals surface area contributed by atoms with Gasteiger partial charge in [0.15, 0.2) is 0 Å². The molecule has 1 aliphatic rings. The Morgan fingerprint density at radius 1 is 1.83 bits per heavy atom. The van der Waals surface area contributed by atoms with Crippen molar-refractivity contribution in [1.82, 2.24) is 5.32 Å². The van der Waals surface area contributed by atoms with Gasteiger partial charge in [-0.25, -0.2) is 0 Å². The molecule has 1 fully saturated rings. The Balaban J connectivity index is 2.18. The van der Waals surface area contributed by atoms with Gasteiger partial charge >= 0.3 is 0 Å². The van der Waals surface area contributed by atoms with E-state index in [4.69, 9.17) is 0 Å². The van der Waals surface area contributed by atoms with Crippen LogP contribution < -0.4 is 5.32 Å². The van der Waals surface area contributed by atoms with E-state index >= 15 is 0 Å². The average molecular weight is 102 g/mol. The monoisotopic (exact) mass is 102 g/mol. The van der Waals surface area contributed by atoms with Crippen LogP contribution in [0.15, 0.2) is 0 Å². The van der Waals surface area contributed by atoms with Gasteiger partial charge in [-0.3, -0.25) is 0 Å². The first-order chi connectivity index (χ1) is 2.89. The van der Waals surface area contributed by atoms with E-state index in [1.807, 2.05) is 11.8 Å². The van der Waals surface area contributed by atoms with Crippen LogP contribution in [0.4, 0.5) is 0 Å². The summed E-state index contributed by atoms with van der Waals surface area (Å²) in [5, 5.41) is 3.77. The fraction of sp³-hybridized carbons (Fsp3) is 0.750. The maximum atomic E-state index is 3.84.